The highest BCUT2D eigenvalue weighted by molar-refractivity contribution is 5.83. The summed E-state index contributed by atoms with van der Waals surface area (Å²) in [6.07, 6.45) is 0. The molecular weight excluding hydrogens is 272 g/mol. The molecule has 0 saturated carbocycles. The third-order valence-electron chi connectivity index (χ3n) is 2.86. The molecule has 0 heterocycles. The Morgan fingerprint density at radius 1 is 1.29 bits per heavy atom. The average Bonchev–Trinajstić information content (AvgIpc) is 2.46. The van der Waals surface area contributed by atoms with Crippen molar-refractivity contribution in [3.05, 3.63) is 23.8 Å². The van der Waals surface area contributed by atoms with Crippen molar-refractivity contribution in [1.82, 2.24) is 10.2 Å². The van der Waals surface area contributed by atoms with Gasteiger partial charge in [-0.05, 0) is 24.6 Å². The maximum Gasteiger partial charge on any atom is 0.242 e. The topological polar surface area (TPSA) is 67.9 Å². The number of nitrogens with one attached hydrogen (secondary N) is 1. The van der Waals surface area contributed by atoms with Crippen LogP contribution in [0.2, 0.25) is 0 Å². The summed E-state index contributed by atoms with van der Waals surface area (Å²) >= 11 is 0. The molecule has 116 valence electrons. The number of rotatable bonds is 7. The Hall–Kier alpha value is -2.24. The first kappa shape index (κ1) is 16.8. The van der Waals surface area contributed by atoms with E-state index in [1.807, 2.05) is 25.1 Å². The smallest absolute Gasteiger partial charge is 0.242 e. The highest BCUT2D eigenvalue weighted by Gasteiger charge is 2.11. The normalized spacial score (nSPS) is 9.90. The summed E-state index contributed by atoms with van der Waals surface area (Å²) in [6.45, 7) is 4.28. The zero-order valence-electron chi connectivity index (χ0n) is 12.9. The van der Waals surface area contributed by atoms with E-state index in [1.165, 1.54) is 6.92 Å². The van der Waals surface area contributed by atoms with Gasteiger partial charge in [0.15, 0.2) is 11.5 Å². The number of methoxy groups -OCH3 is 1. The second-order valence-electron chi connectivity index (χ2n) is 4.58. The van der Waals surface area contributed by atoms with Crippen molar-refractivity contribution in [3.8, 4) is 11.5 Å². The largest absolute Gasteiger partial charge is 0.493 e. The molecule has 0 saturated heterocycles. The van der Waals surface area contributed by atoms with Crippen LogP contribution >= 0.6 is 0 Å². The molecule has 0 fully saturated rings. The quantitative estimate of drug-likeness (QED) is 0.820. The molecule has 6 nitrogen and oxygen atoms in total. The van der Waals surface area contributed by atoms with Crippen molar-refractivity contribution in [2.24, 2.45) is 0 Å². The van der Waals surface area contributed by atoms with Crippen LogP contribution in [0.1, 0.15) is 19.4 Å². The summed E-state index contributed by atoms with van der Waals surface area (Å²) in [7, 11) is 3.26. The molecule has 1 aromatic rings. The van der Waals surface area contributed by atoms with Crippen molar-refractivity contribution in [1.29, 1.82) is 0 Å². The Kier molecular flexibility index (Phi) is 6.52. The zero-order valence-corrected chi connectivity index (χ0v) is 12.9. The number of hydrogen-bond acceptors (Lipinski definition) is 4. The lowest BCUT2D eigenvalue weighted by Gasteiger charge is -2.18. The van der Waals surface area contributed by atoms with E-state index in [0.717, 1.165) is 5.56 Å². The summed E-state index contributed by atoms with van der Waals surface area (Å²) in [4.78, 5) is 24.2. The minimum absolute atomic E-state index is 0.00000233. The molecule has 0 aliphatic rings. The third-order valence-corrected chi connectivity index (χ3v) is 2.86. The van der Waals surface area contributed by atoms with Crippen molar-refractivity contribution in [2.45, 2.75) is 20.4 Å². The number of nitrogens with zero attached hydrogens (tertiary/aromatic N) is 1. The average molecular weight is 294 g/mol. The highest BCUT2D eigenvalue weighted by Crippen LogP contribution is 2.28. The van der Waals surface area contributed by atoms with Crippen LogP contribution in [0.5, 0.6) is 11.5 Å². The lowest BCUT2D eigenvalue weighted by molar-refractivity contribution is -0.131. The van der Waals surface area contributed by atoms with Gasteiger partial charge in [-0.25, -0.2) is 0 Å². The molecule has 0 radical (unpaired) electrons. The summed E-state index contributed by atoms with van der Waals surface area (Å²) in [6, 6.07) is 5.55. The van der Waals surface area contributed by atoms with Gasteiger partial charge < -0.3 is 19.7 Å². The van der Waals surface area contributed by atoms with E-state index in [1.54, 1.807) is 19.1 Å². The number of hydrogen-bond donors (Lipinski definition) is 1. The number of benzene rings is 1. The minimum Gasteiger partial charge on any atom is -0.493 e. The SMILES string of the molecule is CCOc1ccc(CN(C)C(=O)CNC(C)=O)cc1OC. The van der Waals surface area contributed by atoms with E-state index < -0.39 is 0 Å². The predicted molar refractivity (Wildman–Crippen MR) is 79.3 cm³/mol. The van der Waals surface area contributed by atoms with Gasteiger partial charge in [0.1, 0.15) is 0 Å². The van der Waals surface area contributed by atoms with Gasteiger partial charge >= 0.3 is 0 Å². The standard InChI is InChI=1S/C15H22N2O4/c1-5-21-13-7-6-12(8-14(13)20-4)10-17(3)15(19)9-16-11(2)18/h6-8H,5,9-10H2,1-4H3,(H,16,18). The Morgan fingerprint density at radius 3 is 2.57 bits per heavy atom. The molecule has 0 spiro atoms. The van der Waals surface area contributed by atoms with Crippen LogP contribution in [0.4, 0.5) is 0 Å². The van der Waals surface area contributed by atoms with Crippen LogP contribution in [0.25, 0.3) is 0 Å². The third kappa shape index (κ3) is 5.33. The summed E-state index contributed by atoms with van der Waals surface area (Å²) in [5.74, 6) is 0.936. The van der Waals surface area contributed by atoms with Gasteiger partial charge in [-0.15, -0.1) is 0 Å². The number of carbonyl (C=O) groups is 2. The number of likely N-dealkylation sites (N-methyl/N-ethyl adjacent to an activating group) is 1. The molecule has 21 heavy (non-hydrogen) atoms. The summed E-state index contributed by atoms with van der Waals surface area (Å²) in [5.41, 5.74) is 0.925. The summed E-state index contributed by atoms with van der Waals surface area (Å²) in [5, 5.41) is 2.49. The van der Waals surface area contributed by atoms with E-state index in [-0.39, 0.29) is 18.4 Å². The molecule has 1 rings (SSSR count). The van der Waals surface area contributed by atoms with Crippen LogP contribution in [0.15, 0.2) is 18.2 Å². The van der Waals surface area contributed by atoms with Crippen molar-refractivity contribution in [2.75, 3.05) is 27.3 Å². The highest BCUT2D eigenvalue weighted by atomic mass is 16.5. The molecule has 0 aliphatic heterocycles. The fourth-order valence-corrected chi connectivity index (χ4v) is 1.78. The minimum atomic E-state index is -0.223. The van der Waals surface area contributed by atoms with Crippen LogP contribution in [-0.2, 0) is 16.1 Å². The summed E-state index contributed by atoms with van der Waals surface area (Å²) < 4.78 is 10.7. The van der Waals surface area contributed by atoms with E-state index in [4.69, 9.17) is 9.47 Å². The predicted octanol–water partition coefficient (Wildman–Crippen LogP) is 1.19. The molecule has 2 amide bonds. The lowest BCUT2D eigenvalue weighted by Crippen LogP contribution is -2.36. The van der Waals surface area contributed by atoms with Crippen LogP contribution < -0.4 is 14.8 Å². The Balaban J connectivity index is 2.69. The Labute approximate surface area is 125 Å². The second kappa shape index (κ2) is 8.14. The van der Waals surface area contributed by atoms with E-state index in [0.29, 0.717) is 24.7 Å². The van der Waals surface area contributed by atoms with E-state index in [2.05, 4.69) is 5.32 Å². The van der Waals surface area contributed by atoms with Crippen LogP contribution in [0.3, 0.4) is 0 Å². The molecule has 1 N–H and O–H groups in total. The van der Waals surface area contributed by atoms with Crippen molar-refractivity contribution in [3.63, 3.8) is 0 Å². The van der Waals surface area contributed by atoms with Crippen molar-refractivity contribution >= 4 is 11.8 Å². The van der Waals surface area contributed by atoms with Gasteiger partial charge in [0.2, 0.25) is 11.8 Å². The first-order chi connectivity index (χ1) is 9.97. The molecule has 1 aromatic carbocycles. The molecule has 0 aliphatic carbocycles. The van der Waals surface area contributed by atoms with E-state index >= 15 is 0 Å². The first-order valence-electron chi connectivity index (χ1n) is 6.76. The number of amides is 2. The second-order valence-corrected chi connectivity index (χ2v) is 4.58. The monoisotopic (exact) mass is 294 g/mol. The fourth-order valence-electron chi connectivity index (χ4n) is 1.78. The van der Waals surface area contributed by atoms with Crippen LogP contribution in [0, 0.1) is 0 Å². The molecule has 0 unspecified atom stereocenters. The number of ether oxygens (including phenoxy) is 2. The van der Waals surface area contributed by atoms with Gasteiger partial charge in [-0.1, -0.05) is 6.07 Å². The van der Waals surface area contributed by atoms with Gasteiger partial charge in [0.05, 0.1) is 20.3 Å². The van der Waals surface area contributed by atoms with Gasteiger partial charge in [-0.3, -0.25) is 9.59 Å². The van der Waals surface area contributed by atoms with Crippen LogP contribution in [-0.4, -0.2) is 44.0 Å². The van der Waals surface area contributed by atoms with E-state index in [9.17, 15) is 9.59 Å². The fraction of sp³-hybridized carbons (Fsp3) is 0.467. The number of carbonyl (C=O) groups excluding carboxylic acids is 2. The molecule has 6 heteroatoms. The molecule has 0 bridgehead atoms. The maximum absolute atomic E-state index is 11.8. The maximum atomic E-state index is 11.8. The van der Waals surface area contributed by atoms with Crippen molar-refractivity contribution < 1.29 is 19.1 Å². The Morgan fingerprint density at radius 2 is 2.00 bits per heavy atom. The molecule has 0 atom stereocenters. The first-order valence-corrected chi connectivity index (χ1v) is 6.76. The Bertz CT molecular complexity index is 502. The molecular formula is C15H22N2O4. The van der Waals surface area contributed by atoms with Gasteiger partial charge in [0, 0.05) is 20.5 Å². The van der Waals surface area contributed by atoms with Gasteiger partial charge in [0.25, 0.3) is 0 Å². The zero-order chi connectivity index (χ0) is 15.8. The molecule has 0 aromatic heterocycles. The van der Waals surface area contributed by atoms with Gasteiger partial charge in [-0.2, -0.15) is 0 Å². The lowest BCUT2D eigenvalue weighted by atomic mass is 10.2.